The summed E-state index contributed by atoms with van der Waals surface area (Å²) in [4.78, 5) is 19.2. The highest BCUT2D eigenvalue weighted by Gasteiger charge is 2.33. The summed E-state index contributed by atoms with van der Waals surface area (Å²) in [5.74, 6) is 0.314. The average Bonchev–Trinajstić information content (AvgIpc) is 3.00. The zero-order chi connectivity index (χ0) is 14.8. The largest absolute Gasteiger partial charge is 0.341 e. The highest BCUT2D eigenvalue weighted by molar-refractivity contribution is 5.81. The molecular weight excluding hydrogens is 252 g/mol. The first-order valence-electron chi connectivity index (χ1n) is 7.93. The van der Waals surface area contributed by atoms with Crippen LogP contribution in [-0.4, -0.2) is 78.0 Å². The lowest BCUT2D eigenvalue weighted by molar-refractivity contribution is -0.136. The second kappa shape index (κ2) is 6.41. The molecule has 0 bridgehead atoms. The Morgan fingerprint density at radius 1 is 1.10 bits per heavy atom. The fourth-order valence-corrected chi connectivity index (χ4v) is 3.20. The summed E-state index contributed by atoms with van der Waals surface area (Å²) >= 11 is 0. The van der Waals surface area contributed by atoms with Gasteiger partial charge in [-0.3, -0.25) is 14.6 Å². The Bertz CT molecular complexity index is 331. The zero-order valence-electron chi connectivity index (χ0n) is 13.3. The van der Waals surface area contributed by atoms with E-state index in [1.165, 1.54) is 0 Å². The Labute approximate surface area is 123 Å². The number of nitrogens with two attached hydrogens (primary N) is 1. The molecular formula is C15H30N4O. The molecule has 20 heavy (non-hydrogen) atoms. The molecule has 5 heteroatoms. The third-order valence-electron chi connectivity index (χ3n) is 4.99. The van der Waals surface area contributed by atoms with E-state index in [0.29, 0.717) is 12.5 Å². The molecule has 2 aliphatic heterocycles. The highest BCUT2D eigenvalue weighted by atomic mass is 16.2. The van der Waals surface area contributed by atoms with Gasteiger partial charge in [-0.1, -0.05) is 0 Å². The third-order valence-corrected chi connectivity index (χ3v) is 4.99. The van der Waals surface area contributed by atoms with Gasteiger partial charge in [0.05, 0.1) is 6.04 Å². The van der Waals surface area contributed by atoms with Crippen molar-refractivity contribution in [3.05, 3.63) is 0 Å². The quantitative estimate of drug-likeness (QED) is 0.808. The second-order valence-corrected chi connectivity index (χ2v) is 6.75. The number of nitrogens with zero attached hydrogens (tertiary/aromatic N) is 3. The number of amides is 1. The number of hydrogen-bond donors (Lipinski definition) is 1. The van der Waals surface area contributed by atoms with E-state index in [-0.39, 0.29) is 11.6 Å². The maximum absolute atomic E-state index is 12.4. The lowest BCUT2D eigenvalue weighted by Crippen LogP contribution is -2.60. The summed E-state index contributed by atoms with van der Waals surface area (Å²) in [6.45, 7) is 13.0. The van der Waals surface area contributed by atoms with Crippen molar-refractivity contribution in [3.8, 4) is 0 Å². The van der Waals surface area contributed by atoms with Crippen molar-refractivity contribution in [3.63, 3.8) is 0 Å². The van der Waals surface area contributed by atoms with E-state index in [2.05, 4.69) is 30.6 Å². The van der Waals surface area contributed by atoms with Crippen LogP contribution in [0.5, 0.6) is 0 Å². The molecule has 0 radical (unpaired) electrons. The number of carbonyl (C=O) groups is 1. The molecule has 116 valence electrons. The van der Waals surface area contributed by atoms with Crippen LogP contribution in [-0.2, 0) is 4.79 Å². The number of piperazine rings is 1. The van der Waals surface area contributed by atoms with E-state index in [4.69, 9.17) is 5.73 Å². The van der Waals surface area contributed by atoms with Gasteiger partial charge in [-0.15, -0.1) is 0 Å². The molecule has 1 unspecified atom stereocenters. The van der Waals surface area contributed by atoms with E-state index in [1.807, 2.05) is 4.90 Å². The normalized spacial score (nSPS) is 24.1. The first-order valence-corrected chi connectivity index (χ1v) is 7.93. The van der Waals surface area contributed by atoms with E-state index in [1.54, 1.807) is 0 Å². The van der Waals surface area contributed by atoms with Crippen LogP contribution < -0.4 is 5.73 Å². The number of hydrogen-bond acceptors (Lipinski definition) is 4. The van der Waals surface area contributed by atoms with Crippen LogP contribution in [0.25, 0.3) is 0 Å². The monoisotopic (exact) mass is 282 g/mol. The maximum atomic E-state index is 12.4. The van der Waals surface area contributed by atoms with Crippen molar-refractivity contribution < 1.29 is 4.79 Å². The van der Waals surface area contributed by atoms with Gasteiger partial charge in [-0.05, 0) is 33.6 Å². The van der Waals surface area contributed by atoms with Crippen molar-refractivity contribution in [1.29, 1.82) is 0 Å². The summed E-state index contributed by atoms with van der Waals surface area (Å²) in [6.07, 6.45) is 2.33. The molecule has 0 aliphatic carbocycles. The van der Waals surface area contributed by atoms with Crippen LogP contribution >= 0.6 is 0 Å². The number of rotatable bonds is 4. The van der Waals surface area contributed by atoms with Crippen molar-refractivity contribution in [1.82, 2.24) is 14.7 Å². The Kier molecular flexibility index (Phi) is 5.04. The molecule has 2 aliphatic rings. The van der Waals surface area contributed by atoms with Gasteiger partial charge in [-0.2, -0.15) is 0 Å². The molecule has 0 spiro atoms. The van der Waals surface area contributed by atoms with Gasteiger partial charge in [-0.25, -0.2) is 0 Å². The van der Waals surface area contributed by atoms with Crippen LogP contribution in [0.3, 0.4) is 0 Å². The Morgan fingerprint density at radius 3 is 2.15 bits per heavy atom. The summed E-state index contributed by atoms with van der Waals surface area (Å²) < 4.78 is 0. The third kappa shape index (κ3) is 3.32. The smallest absolute Gasteiger partial charge is 0.239 e. The van der Waals surface area contributed by atoms with E-state index < -0.39 is 0 Å². The highest BCUT2D eigenvalue weighted by Crippen LogP contribution is 2.18. The van der Waals surface area contributed by atoms with Crippen LogP contribution in [0, 0.1) is 0 Å². The molecule has 0 aromatic rings. The summed E-state index contributed by atoms with van der Waals surface area (Å²) in [5, 5.41) is 0. The molecule has 2 N–H and O–H groups in total. The van der Waals surface area contributed by atoms with Gasteiger partial charge in [0.1, 0.15) is 0 Å². The molecule has 5 nitrogen and oxygen atoms in total. The van der Waals surface area contributed by atoms with Crippen LogP contribution in [0.1, 0.15) is 33.6 Å². The first-order chi connectivity index (χ1) is 9.45. The van der Waals surface area contributed by atoms with Crippen molar-refractivity contribution >= 4 is 5.91 Å². The molecule has 0 saturated carbocycles. The summed E-state index contributed by atoms with van der Waals surface area (Å²) in [7, 11) is 0. The Morgan fingerprint density at radius 2 is 1.65 bits per heavy atom. The minimum atomic E-state index is 0.0243. The fourth-order valence-electron chi connectivity index (χ4n) is 3.20. The lowest BCUT2D eigenvalue weighted by atomic mass is 10.0. The van der Waals surface area contributed by atoms with Gasteiger partial charge in [0.25, 0.3) is 0 Å². The summed E-state index contributed by atoms with van der Waals surface area (Å²) in [6, 6.07) is 0.0243. The molecule has 2 fully saturated rings. The second-order valence-electron chi connectivity index (χ2n) is 6.75. The minimum absolute atomic E-state index is 0.0243. The minimum Gasteiger partial charge on any atom is -0.341 e. The Balaban J connectivity index is 1.85. The van der Waals surface area contributed by atoms with E-state index in [9.17, 15) is 4.79 Å². The first kappa shape index (κ1) is 15.7. The Hall–Kier alpha value is -0.650. The predicted molar refractivity (Wildman–Crippen MR) is 81.6 cm³/mol. The van der Waals surface area contributed by atoms with E-state index >= 15 is 0 Å². The SMILES string of the molecule is CC(C(=O)N1CCCC1)N1CCN(C(C)(C)CN)CC1. The number of likely N-dealkylation sites (tertiary alicyclic amines) is 1. The van der Waals surface area contributed by atoms with Crippen LogP contribution in [0.4, 0.5) is 0 Å². The molecule has 2 heterocycles. The van der Waals surface area contributed by atoms with Gasteiger partial charge >= 0.3 is 0 Å². The number of carbonyl (C=O) groups excluding carboxylic acids is 1. The molecule has 1 amide bonds. The van der Waals surface area contributed by atoms with Crippen LogP contribution in [0.2, 0.25) is 0 Å². The molecule has 1 atom stereocenters. The maximum Gasteiger partial charge on any atom is 0.239 e. The predicted octanol–water partition coefficient (Wildman–Crippen LogP) is 0.352. The van der Waals surface area contributed by atoms with Crippen LogP contribution in [0.15, 0.2) is 0 Å². The van der Waals surface area contributed by atoms with Crippen molar-refractivity contribution in [2.24, 2.45) is 5.73 Å². The van der Waals surface area contributed by atoms with E-state index in [0.717, 1.165) is 52.1 Å². The fraction of sp³-hybridized carbons (Fsp3) is 0.933. The molecule has 2 rings (SSSR count). The standard InChI is InChI=1S/C15H30N4O/c1-13(14(20)18-6-4-5-7-18)17-8-10-19(11-9-17)15(2,3)12-16/h13H,4-12,16H2,1-3H3. The van der Waals surface area contributed by atoms with Gasteiger partial charge in [0, 0.05) is 51.4 Å². The topological polar surface area (TPSA) is 52.8 Å². The van der Waals surface area contributed by atoms with Gasteiger partial charge in [0.15, 0.2) is 0 Å². The lowest BCUT2D eigenvalue weighted by Gasteiger charge is -2.45. The zero-order valence-corrected chi connectivity index (χ0v) is 13.3. The van der Waals surface area contributed by atoms with Gasteiger partial charge < -0.3 is 10.6 Å². The molecule has 2 saturated heterocycles. The average molecular weight is 282 g/mol. The summed E-state index contributed by atoms with van der Waals surface area (Å²) in [5.41, 5.74) is 5.91. The van der Waals surface area contributed by atoms with Crippen molar-refractivity contribution in [2.75, 3.05) is 45.8 Å². The van der Waals surface area contributed by atoms with Crippen molar-refractivity contribution in [2.45, 2.75) is 45.2 Å². The molecule has 0 aromatic heterocycles. The van der Waals surface area contributed by atoms with Gasteiger partial charge in [0.2, 0.25) is 5.91 Å². The molecule has 0 aromatic carbocycles.